The lowest BCUT2D eigenvalue weighted by molar-refractivity contribution is -0.142. The summed E-state index contributed by atoms with van der Waals surface area (Å²) in [4.78, 5) is 27.7. The van der Waals surface area contributed by atoms with Gasteiger partial charge in [-0.2, -0.15) is 0 Å². The highest BCUT2D eigenvalue weighted by Gasteiger charge is 2.32. The number of ether oxygens (including phenoxy) is 1. The first-order chi connectivity index (χ1) is 13.5. The van der Waals surface area contributed by atoms with Crippen molar-refractivity contribution in [3.8, 4) is 5.75 Å². The number of hydrogen-bond donors (Lipinski definition) is 1. The van der Waals surface area contributed by atoms with Gasteiger partial charge in [-0.1, -0.05) is 25.0 Å². The van der Waals surface area contributed by atoms with Crippen molar-refractivity contribution in [2.24, 2.45) is 5.92 Å². The van der Waals surface area contributed by atoms with Crippen LogP contribution in [0.3, 0.4) is 0 Å². The molecule has 1 heterocycles. The third-order valence-electron chi connectivity index (χ3n) is 5.79. The van der Waals surface area contributed by atoms with Crippen LogP contribution >= 0.6 is 0 Å². The normalized spacial score (nSPS) is 20.7. The number of rotatable bonds is 7. The molecule has 2 aliphatic rings. The second-order valence-electron chi connectivity index (χ2n) is 8.49. The van der Waals surface area contributed by atoms with Gasteiger partial charge in [0.25, 0.3) is 0 Å². The van der Waals surface area contributed by atoms with Gasteiger partial charge in [0, 0.05) is 19.5 Å². The Balaban J connectivity index is 1.74. The zero-order chi connectivity index (χ0) is 19.9. The summed E-state index contributed by atoms with van der Waals surface area (Å²) in [6.07, 6.45) is 8.11. The molecule has 1 saturated carbocycles. The largest absolute Gasteiger partial charge is 0.491 e. The molecule has 0 unspecified atom stereocenters. The fourth-order valence-corrected chi connectivity index (χ4v) is 4.31. The Morgan fingerprint density at radius 1 is 1.11 bits per heavy atom. The molecule has 5 heteroatoms. The van der Waals surface area contributed by atoms with Crippen LogP contribution in [0.2, 0.25) is 0 Å². The molecule has 0 radical (unpaired) electrons. The van der Waals surface area contributed by atoms with Gasteiger partial charge < -0.3 is 15.0 Å². The number of hydrogen-bond acceptors (Lipinski definition) is 3. The Bertz CT molecular complexity index is 650. The van der Waals surface area contributed by atoms with E-state index in [1.54, 1.807) is 0 Å². The van der Waals surface area contributed by atoms with Crippen LogP contribution in [-0.2, 0) is 16.1 Å². The number of carbonyl (C=O) groups excluding carboxylic acids is 2. The first-order valence-electron chi connectivity index (χ1n) is 10.9. The molecule has 1 atom stereocenters. The topological polar surface area (TPSA) is 58.6 Å². The van der Waals surface area contributed by atoms with Crippen molar-refractivity contribution in [1.82, 2.24) is 10.2 Å². The molecule has 0 bridgehead atoms. The molecule has 1 aliphatic carbocycles. The predicted molar refractivity (Wildman–Crippen MR) is 110 cm³/mol. The monoisotopic (exact) mass is 386 g/mol. The zero-order valence-corrected chi connectivity index (χ0v) is 17.3. The highest BCUT2D eigenvalue weighted by molar-refractivity contribution is 5.88. The maximum Gasteiger partial charge on any atom is 0.242 e. The maximum atomic E-state index is 13.2. The Hall–Kier alpha value is -2.04. The molecule has 1 aromatic rings. The predicted octanol–water partition coefficient (Wildman–Crippen LogP) is 4.05. The van der Waals surface area contributed by atoms with Gasteiger partial charge in [-0.25, -0.2) is 0 Å². The lowest BCUT2D eigenvalue weighted by Gasteiger charge is -2.31. The third-order valence-corrected chi connectivity index (χ3v) is 5.79. The summed E-state index contributed by atoms with van der Waals surface area (Å²) >= 11 is 0. The molecular formula is C23H34N2O3. The number of amides is 2. The summed E-state index contributed by atoms with van der Waals surface area (Å²) in [6, 6.07) is 7.54. The van der Waals surface area contributed by atoms with E-state index < -0.39 is 0 Å². The standard InChI is InChI=1S/C23H34N2O3/c1-17(2)28-20-12-10-19(11-13-20)16-25(21-9-5-6-14-24-23(21)27)22(26)15-18-7-3-4-8-18/h10-13,17-18,21H,3-9,14-16H2,1-2H3,(H,24,27)/t21-/m0/s1. The van der Waals surface area contributed by atoms with Crippen LogP contribution in [0.15, 0.2) is 24.3 Å². The van der Waals surface area contributed by atoms with Crippen LogP contribution in [0.4, 0.5) is 0 Å². The highest BCUT2D eigenvalue weighted by Crippen LogP contribution is 2.29. The van der Waals surface area contributed by atoms with E-state index in [9.17, 15) is 9.59 Å². The molecule has 3 rings (SSSR count). The maximum absolute atomic E-state index is 13.2. The first kappa shape index (κ1) is 20.7. The molecular weight excluding hydrogens is 352 g/mol. The van der Waals surface area contributed by atoms with Crippen molar-refractivity contribution in [3.63, 3.8) is 0 Å². The zero-order valence-electron chi connectivity index (χ0n) is 17.3. The van der Waals surface area contributed by atoms with Crippen molar-refractivity contribution in [1.29, 1.82) is 0 Å². The molecule has 0 spiro atoms. The molecule has 154 valence electrons. The number of nitrogens with one attached hydrogen (secondary N) is 1. The van der Waals surface area contributed by atoms with Gasteiger partial charge in [-0.15, -0.1) is 0 Å². The van der Waals surface area contributed by atoms with E-state index in [-0.39, 0.29) is 24.0 Å². The van der Waals surface area contributed by atoms with Crippen LogP contribution in [0.25, 0.3) is 0 Å². The lowest BCUT2D eigenvalue weighted by Crippen LogP contribution is -2.48. The van der Waals surface area contributed by atoms with Crippen molar-refractivity contribution >= 4 is 11.8 Å². The van der Waals surface area contributed by atoms with Crippen molar-refractivity contribution in [2.75, 3.05) is 6.54 Å². The minimum atomic E-state index is -0.358. The molecule has 1 aromatic carbocycles. The Kier molecular flexibility index (Phi) is 7.35. The summed E-state index contributed by atoms with van der Waals surface area (Å²) in [5, 5.41) is 2.99. The number of benzene rings is 1. The summed E-state index contributed by atoms with van der Waals surface area (Å²) in [5.41, 5.74) is 1.04. The fourth-order valence-electron chi connectivity index (χ4n) is 4.31. The second kappa shape index (κ2) is 9.94. The Morgan fingerprint density at radius 2 is 1.79 bits per heavy atom. The van der Waals surface area contributed by atoms with Crippen LogP contribution in [0.1, 0.15) is 70.8 Å². The van der Waals surface area contributed by atoms with E-state index in [0.29, 0.717) is 25.4 Å². The van der Waals surface area contributed by atoms with Gasteiger partial charge in [0.1, 0.15) is 11.8 Å². The van der Waals surface area contributed by atoms with Crippen LogP contribution in [0.5, 0.6) is 5.75 Å². The molecule has 2 fully saturated rings. The lowest BCUT2D eigenvalue weighted by atomic mass is 10.0. The summed E-state index contributed by atoms with van der Waals surface area (Å²) in [6.45, 7) is 5.19. The highest BCUT2D eigenvalue weighted by atomic mass is 16.5. The average Bonchev–Trinajstić information content (AvgIpc) is 3.08. The van der Waals surface area contributed by atoms with Gasteiger partial charge in [0.05, 0.1) is 6.10 Å². The Morgan fingerprint density at radius 3 is 2.46 bits per heavy atom. The van der Waals surface area contributed by atoms with Gasteiger partial charge in [-0.05, 0) is 69.6 Å². The van der Waals surface area contributed by atoms with Crippen molar-refractivity contribution in [2.45, 2.75) is 83.9 Å². The van der Waals surface area contributed by atoms with E-state index in [1.165, 1.54) is 12.8 Å². The minimum absolute atomic E-state index is 0.00275. The Labute approximate surface area is 168 Å². The van der Waals surface area contributed by atoms with Gasteiger partial charge in [0.2, 0.25) is 11.8 Å². The third kappa shape index (κ3) is 5.73. The molecule has 1 aliphatic heterocycles. The SMILES string of the molecule is CC(C)Oc1ccc(CN(C(=O)CC2CCCC2)[C@H]2CCCCNC2=O)cc1. The number of nitrogens with zero attached hydrogens (tertiary/aromatic N) is 1. The average molecular weight is 387 g/mol. The molecule has 1 saturated heterocycles. The summed E-state index contributed by atoms with van der Waals surface area (Å²) in [7, 11) is 0. The van der Waals surface area contributed by atoms with E-state index in [0.717, 1.165) is 43.4 Å². The van der Waals surface area contributed by atoms with E-state index in [1.807, 2.05) is 43.0 Å². The van der Waals surface area contributed by atoms with E-state index in [2.05, 4.69) is 5.32 Å². The molecule has 2 amide bonds. The van der Waals surface area contributed by atoms with Crippen molar-refractivity contribution < 1.29 is 14.3 Å². The summed E-state index contributed by atoms with van der Waals surface area (Å²) < 4.78 is 5.72. The summed E-state index contributed by atoms with van der Waals surface area (Å²) in [5.74, 6) is 1.42. The first-order valence-corrected chi connectivity index (χ1v) is 10.9. The van der Waals surface area contributed by atoms with Gasteiger partial charge in [0.15, 0.2) is 0 Å². The van der Waals surface area contributed by atoms with Crippen LogP contribution in [-0.4, -0.2) is 35.4 Å². The second-order valence-corrected chi connectivity index (χ2v) is 8.49. The number of carbonyl (C=O) groups is 2. The quantitative estimate of drug-likeness (QED) is 0.769. The minimum Gasteiger partial charge on any atom is -0.491 e. The van der Waals surface area contributed by atoms with E-state index in [4.69, 9.17) is 4.74 Å². The van der Waals surface area contributed by atoms with Gasteiger partial charge >= 0.3 is 0 Å². The van der Waals surface area contributed by atoms with Crippen LogP contribution < -0.4 is 10.1 Å². The molecule has 28 heavy (non-hydrogen) atoms. The smallest absolute Gasteiger partial charge is 0.242 e. The molecule has 1 N–H and O–H groups in total. The van der Waals surface area contributed by atoms with Gasteiger partial charge in [-0.3, -0.25) is 9.59 Å². The van der Waals surface area contributed by atoms with Crippen LogP contribution in [0, 0.1) is 5.92 Å². The molecule has 0 aromatic heterocycles. The molecule has 5 nitrogen and oxygen atoms in total. The van der Waals surface area contributed by atoms with E-state index >= 15 is 0 Å². The fraction of sp³-hybridized carbons (Fsp3) is 0.652. The van der Waals surface area contributed by atoms with Crippen molar-refractivity contribution in [3.05, 3.63) is 29.8 Å².